The summed E-state index contributed by atoms with van der Waals surface area (Å²) < 4.78 is 53.0. The van der Waals surface area contributed by atoms with Crippen molar-refractivity contribution in [3.8, 4) is 5.75 Å². The van der Waals surface area contributed by atoms with E-state index in [1.807, 2.05) is 0 Å². The number of ether oxygens (including phenoxy) is 1. The Kier molecular flexibility index (Phi) is 6.35. The van der Waals surface area contributed by atoms with Crippen LogP contribution in [0.15, 0.2) is 45.6 Å². The summed E-state index contributed by atoms with van der Waals surface area (Å²) in [6.07, 6.45) is 1.31. The van der Waals surface area contributed by atoms with Crippen LogP contribution in [0.4, 0.5) is 14.9 Å². The molecule has 0 radical (unpaired) electrons. The molecule has 0 aliphatic heterocycles. The van der Waals surface area contributed by atoms with Gasteiger partial charge in [-0.15, -0.1) is 0 Å². The molecule has 1 aliphatic carbocycles. The number of nitrogens with zero attached hydrogens (tertiary/aromatic N) is 1. The van der Waals surface area contributed by atoms with Gasteiger partial charge in [-0.05, 0) is 49.1 Å². The number of sulfonamides is 1. The molecule has 1 amide bonds. The smallest absolute Gasteiger partial charge is 0.414 e. The Labute approximate surface area is 196 Å². The molecule has 10 heteroatoms. The quantitative estimate of drug-likeness (QED) is 0.522. The number of amides is 1. The van der Waals surface area contributed by atoms with Gasteiger partial charge in [0.15, 0.2) is 5.82 Å². The Balaban J connectivity index is 1.64. The summed E-state index contributed by atoms with van der Waals surface area (Å²) in [6.45, 7) is 1.72. The molecule has 1 aromatic heterocycles. The maximum absolute atomic E-state index is 15.2. The highest BCUT2D eigenvalue weighted by molar-refractivity contribution is 7.93. The largest absolute Gasteiger partial charge is 0.422 e. The first-order valence-corrected chi connectivity index (χ1v) is 12.4. The summed E-state index contributed by atoms with van der Waals surface area (Å²) in [5, 5.41) is 0.105. The van der Waals surface area contributed by atoms with Gasteiger partial charge in [0, 0.05) is 37.5 Å². The molecule has 0 bridgehead atoms. The van der Waals surface area contributed by atoms with E-state index < -0.39 is 32.8 Å². The number of hydrogen-bond acceptors (Lipinski definition) is 6. The van der Waals surface area contributed by atoms with Crippen LogP contribution in [0.3, 0.4) is 0 Å². The number of carbonyl (C=O) groups excluding carboxylic acids is 1. The average Bonchev–Trinajstić information content (AvgIpc) is 2.71. The van der Waals surface area contributed by atoms with Gasteiger partial charge in [-0.3, -0.25) is 4.72 Å². The number of carbonyl (C=O) groups is 1. The molecule has 0 saturated heterocycles. The van der Waals surface area contributed by atoms with E-state index in [1.165, 1.54) is 23.1 Å². The van der Waals surface area contributed by atoms with Crippen molar-refractivity contribution < 1.29 is 26.8 Å². The zero-order valence-corrected chi connectivity index (χ0v) is 19.9. The second-order valence-corrected chi connectivity index (χ2v) is 10.5. The highest BCUT2D eigenvalue weighted by Gasteiger charge is 2.32. The summed E-state index contributed by atoms with van der Waals surface area (Å²) in [5.41, 5.74) is 0.457. The molecule has 1 fully saturated rings. The van der Waals surface area contributed by atoms with Crippen molar-refractivity contribution in [2.24, 2.45) is 0 Å². The number of fused-ring (bicyclic) bond motifs is 1. The van der Waals surface area contributed by atoms with Gasteiger partial charge in [0.1, 0.15) is 11.3 Å². The fraction of sp³-hybridized carbons (Fsp3) is 0.333. The lowest BCUT2D eigenvalue weighted by Gasteiger charge is -2.25. The van der Waals surface area contributed by atoms with E-state index in [4.69, 9.17) is 9.15 Å². The van der Waals surface area contributed by atoms with E-state index in [2.05, 4.69) is 4.72 Å². The maximum Gasteiger partial charge on any atom is 0.414 e. The maximum atomic E-state index is 15.2. The molecule has 1 N–H and O–H groups in total. The summed E-state index contributed by atoms with van der Waals surface area (Å²) in [7, 11) is -0.565. The summed E-state index contributed by atoms with van der Waals surface area (Å²) >= 11 is 0. The van der Waals surface area contributed by atoms with Gasteiger partial charge in [-0.2, -0.15) is 0 Å². The molecule has 1 aliphatic rings. The Bertz CT molecular complexity index is 1430. The highest BCUT2D eigenvalue weighted by Crippen LogP contribution is 2.30. The zero-order valence-electron chi connectivity index (χ0n) is 19.1. The lowest BCUT2D eigenvalue weighted by molar-refractivity contribution is 0.172. The number of aryl methyl sites for hydroxylation is 1. The van der Waals surface area contributed by atoms with Crippen molar-refractivity contribution >= 4 is 32.8 Å². The number of anilines is 1. The Hall–Kier alpha value is -3.40. The molecule has 1 saturated carbocycles. The number of rotatable bonds is 6. The minimum atomic E-state index is -3.66. The minimum Gasteiger partial charge on any atom is -0.422 e. The van der Waals surface area contributed by atoms with Gasteiger partial charge in [-0.25, -0.2) is 22.4 Å². The second-order valence-electron chi connectivity index (χ2n) is 8.57. The fourth-order valence-electron chi connectivity index (χ4n) is 3.74. The fourth-order valence-corrected chi connectivity index (χ4v) is 5.32. The molecule has 0 atom stereocenters. The molecule has 34 heavy (non-hydrogen) atoms. The van der Waals surface area contributed by atoms with Gasteiger partial charge in [0.2, 0.25) is 10.0 Å². The van der Waals surface area contributed by atoms with E-state index in [1.54, 1.807) is 39.2 Å². The van der Waals surface area contributed by atoms with Crippen LogP contribution in [-0.4, -0.2) is 38.8 Å². The van der Waals surface area contributed by atoms with E-state index in [9.17, 15) is 18.0 Å². The first kappa shape index (κ1) is 23.7. The monoisotopic (exact) mass is 488 g/mol. The van der Waals surface area contributed by atoms with Gasteiger partial charge >= 0.3 is 11.7 Å². The SMILES string of the molecule is Cc1c(Cc2cccc(NS(=O)(=O)C3CCC3)c2F)c(=O)oc2cc(OC(=O)N(C)C)ccc12. The standard InChI is InChI=1S/C24H25FN2O6S/c1-14-18-11-10-16(32-24(29)27(2)3)13-21(18)33-23(28)19(14)12-15-6-4-9-20(22(15)25)26-34(30,31)17-7-5-8-17/h4,6,9-11,13,17,26H,5,7-8,12H2,1-3H3. The molecular weight excluding hydrogens is 463 g/mol. The number of benzene rings is 2. The average molecular weight is 489 g/mol. The van der Waals surface area contributed by atoms with Crippen LogP contribution in [0.5, 0.6) is 5.75 Å². The Morgan fingerprint density at radius 3 is 2.62 bits per heavy atom. The lowest BCUT2D eigenvalue weighted by atomic mass is 9.99. The van der Waals surface area contributed by atoms with Crippen LogP contribution in [0.1, 0.15) is 36.0 Å². The van der Waals surface area contributed by atoms with Crippen molar-refractivity contribution in [2.75, 3.05) is 18.8 Å². The third-order valence-electron chi connectivity index (χ3n) is 6.02. The summed E-state index contributed by atoms with van der Waals surface area (Å²) in [5.74, 6) is -0.505. The van der Waals surface area contributed by atoms with Crippen molar-refractivity contribution in [1.29, 1.82) is 0 Å². The number of hydrogen-bond donors (Lipinski definition) is 1. The molecular formula is C24H25FN2O6S. The lowest BCUT2D eigenvalue weighted by Crippen LogP contribution is -2.33. The first-order chi connectivity index (χ1) is 16.1. The number of nitrogens with one attached hydrogen (secondary N) is 1. The van der Waals surface area contributed by atoms with Crippen LogP contribution in [-0.2, 0) is 16.4 Å². The van der Waals surface area contributed by atoms with Crippen molar-refractivity contribution in [3.05, 3.63) is 69.3 Å². The predicted octanol–water partition coefficient (Wildman–Crippen LogP) is 4.19. The van der Waals surface area contributed by atoms with Crippen LogP contribution in [0.2, 0.25) is 0 Å². The normalized spacial score (nSPS) is 14.0. The third-order valence-corrected chi connectivity index (χ3v) is 7.87. The molecule has 2 aromatic carbocycles. The van der Waals surface area contributed by atoms with Crippen LogP contribution < -0.4 is 15.1 Å². The van der Waals surface area contributed by atoms with E-state index in [-0.39, 0.29) is 34.6 Å². The molecule has 180 valence electrons. The second kappa shape index (κ2) is 9.09. The van der Waals surface area contributed by atoms with Gasteiger partial charge in [-0.1, -0.05) is 18.6 Å². The van der Waals surface area contributed by atoms with E-state index >= 15 is 4.39 Å². The van der Waals surface area contributed by atoms with Gasteiger partial charge in [0.25, 0.3) is 0 Å². The first-order valence-electron chi connectivity index (χ1n) is 10.8. The van der Waals surface area contributed by atoms with Gasteiger partial charge in [0.05, 0.1) is 10.9 Å². The van der Waals surface area contributed by atoms with Crippen LogP contribution >= 0.6 is 0 Å². The highest BCUT2D eigenvalue weighted by atomic mass is 32.2. The third kappa shape index (κ3) is 4.63. The predicted molar refractivity (Wildman–Crippen MR) is 126 cm³/mol. The minimum absolute atomic E-state index is 0.0771. The van der Waals surface area contributed by atoms with Crippen molar-refractivity contribution in [2.45, 2.75) is 37.9 Å². The number of halogens is 1. The zero-order chi connectivity index (χ0) is 24.6. The molecule has 0 unspecified atom stereocenters. The molecule has 4 rings (SSSR count). The van der Waals surface area contributed by atoms with E-state index in [0.717, 1.165) is 6.42 Å². The molecule has 8 nitrogen and oxygen atoms in total. The Morgan fingerprint density at radius 1 is 1.24 bits per heavy atom. The van der Waals surface area contributed by atoms with Crippen molar-refractivity contribution in [3.63, 3.8) is 0 Å². The van der Waals surface area contributed by atoms with Crippen LogP contribution in [0.25, 0.3) is 11.0 Å². The van der Waals surface area contributed by atoms with E-state index in [0.29, 0.717) is 23.8 Å². The van der Waals surface area contributed by atoms with Crippen LogP contribution in [0, 0.1) is 12.7 Å². The molecule has 0 spiro atoms. The summed E-state index contributed by atoms with van der Waals surface area (Å²) in [6, 6.07) is 9.10. The topological polar surface area (TPSA) is 106 Å². The van der Waals surface area contributed by atoms with Gasteiger partial charge < -0.3 is 14.1 Å². The summed E-state index contributed by atoms with van der Waals surface area (Å²) in [4.78, 5) is 25.8. The molecule has 1 heterocycles. The molecule has 3 aromatic rings. The Morgan fingerprint density at radius 2 is 1.97 bits per heavy atom. The van der Waals surface area contributed by atoms with Crippen molar-refractivity contribution in [1.82, 2.24) is 4.90 Å².